The number of benzene rings is 1. The first-order chi connectivity index (χ1) is 10.1. The fraction of sp³-hybridized carbons (Fsp3) is 0.588. The van der Waals surface area contributed by atoms with Gasteiger partial charge in [-0.1, -0.05) is 25.1 Å². The molecule has 3 atom stereocenters. The van der Waals surface area contributed by atoms with Crippen LogP contribution in [-0.4, -0.2) is 42.6 Å². The van der Waals surface area contributed by atoms with Crippen molar-refractivity contribution < 1.29 is 9.53 Å². The lowest BCUT2D eigenvalue weighted by atomic mass is 10.0. The highest BCUT2D eigenvalue weighted by Gasteiger charge is 2.30. The number of para-hydroxylation sites is 1. The maximum absolute atomic E-state index is 12.5. The zero-order chi connectivity index (χ0) is 15.2. The summed E-state index contributed by atoms with van der Waals surface area (Å²) in [6, 6.07) is 10.4. The number of hydrogen-bond acceptors (Lipinski definition) is 3. The maximum Gasteiger partial charge on any atom is 0.225 e. The number of nitrogens with one attached hydrogen (secondary N) is 1. The number of amides is 1. The molecular weight excluding hydrogens is 264 g/mol. The highest BCUT2D eigenvalue weighted by atomic mass is 16.5. The summed E-state index contributed by atoms with van der Waals surface area (Å²) in [6.45, 7) is 8.50. The molecule has 3 unspecified atom stereocenters. The normalized spacial score (nSPS) is 23.7. The van der Waals surface area contributed by atoms with Crippen molar-refractivity contribution in [1.82, 2.24) is 10.2 Å². The fourth-order valence-electron chi connectivity index (χ4n) is 2.64. The van der Waals surface area contributed by atoms with E-state index in [9.17, 15) is 4.79 Å². The summed E-state index contributed by atoms with van der Waals surface area (Å²) in [5.41, 5.74) is 0. The van der Waals surface area contributed by atoms with Crippen molar-refractivity contribution in [2.45, 2.75) is 39.3 Å². The Morgan fingerprint density at radius 1 is 1.38 bits per heavy atom. The SMILES string of the molecule is CC(CCOc1ccccc1)C(=O)N1CCNC(C)C1C. The minimum atomic E-state index is 0.00135. The molecule has 0 aromatic heterocycles. The molecule has 1 aliphatic heterocycles. The van der Waals surface area contributed by atoms with E-state index >= 15 is 0 Å². The molecule has 1 N–H and O–H groups in total. The lowest BCUT2D eigenvalue weighted by Crippen LogP contribution is -2.58. The van der Waals surface area contributed by atoms with Crippen LogP contribution in [0.2, 0.25) is 0 Å². The van der Waals surface area contributed by atoms with Crippen molar-refractivity contribution >= 4 is 5.91 Å². The van der Waals surface area contributed by atoms with Crippen LogP contribution in [0.15, 0.2) is 30.3 Å². The molecular formula is C17H26N2O2. The van der Waals surface area contributed by atoms with E-state index in [-0.39, 0.29) is 17.9 Å². The first kappa shape index (κ1) is 15.8. The van der Waals surface area contributed by atoms with Crippen LogP contribution in [-0.2, 0) is 4.79 Å². The third-order valence-electron chi connectivity index (χ3n) is 4.30. The summed E-state index contributed by atoms with van der Waals surface area (Å²) < 4.78 is 5.68. The summed E-state index contributed by atoms with van der Waals surface area (Å²) in [6.07, 6.45) is 0.749. The molecule has 2 rings (SSSR count). The van der Waals surface area contributed by atoms with Gasteiger partial charge in [-0.25, -0.2) is 0 Å². The van der Waals surface area contributed by atoms with E-state index in [0.29, 0.717) is 12.6 Å². The number of hydrogen-bond donors (Lipinski definition) is 1. The molecule has 4 nitrogen and oxygen atoms in total. The minimum Gasteiger partial charge on any atom is -0.494 e. The van der Waals surface area contributed by atoms with Crippen molar-refractivity contribution in [3.8, 4) is 5.75 Å². The third-order valence-corrected chi connectivity index (χ3v) is 4.30. The van der Waals surface area contributed by atoms with Gasteiger partial charge >= 0.3 is 0 Å². The average molecular weight is 290 g/mol. The van der Waals surface area contributed by atoms with Gasteiger partial charge in [0.2, 0.25) is 5.91 Å². The van der Waals surface area contributed by atoms with Gasteiger partial charge < -0.3 is 15.0 Å². The van der Waals surface area contributed by atoms with Crippen LogP contribution in [0.25, 0.3) is 0 Å². The average Bonchev–Trinajstić information content (AvgIpc) is 2.50. The first-order valence-electron chi connectivity index (χ1n) is 7.81. The van der Waals surface area contributed by atoms with Crippen molar-refractivity contribution in [2.75, 3.05) is 19.7 Å². The highest BCUT2D eigenvalue weighted by Crippen LogP contribution is 2.16. The van der Waals surface area contributed by atoms with Gasteiger partial charge in [0.05, 0.1) is 6.61 Å². The first-order valence-corrected chi connectivity index (χ1v) is 7.81. The molecule has 1 amide bonds. The van der Waals surface area contributed by atoms with E-state index in [4.69, 9.17) is 4.74 Å². The van der Waals surface area contributed by atoms with Gasteiger partial charge in [0.1, 0.15) is 5.75 Å². The van der Waals surface area contributed by atoms with Gasteiger partial charge in [-0.05, 0) is 32.4 Å². The van der Waals surface area contributed by atoms with Crippen LogP contribution in [0.4, 0.5) is 0 Å². The summed E-state index contributed by atoms with van der Waals surface area (Å²) in [5.74, 6) is 1.11. The predicted octanol–water partition coefficient (Wildman–Crippen LogP) is 2.30. The number of carbonyl (C=O) groups is 1. The van der Waals surface area contributed by atoms with Gasteiger partial charge in [-0.3, -0.25) is 4.79 Å². The van der Waals surface area contributed by atoms with Crippen LogP contribution in [0, 0.1) is 5.92 Å². The Kier molecular flexibility index (Phi) is 5.62. The van der Waals surface area contributed by atoms with Crippen LogP contribution in [0.5, 0.6) is 5.75 Å². The van der Waals surface area contributed by atoms with Crippen molar-refractivity contribution in [2.24, 2.45) is 5.92 Å². The van der Waals surface area contributed by atoms with E-state index in [1.165, 1.54) is 0 Å². The Hall–Kier alpha value is -1.55. The highest BCUT2D eigenvalue weighted by molar-refractivity contribution is 5.79. The van der Waals surface area contributed by atoms with E-state index < -0.39 is 0 Å². The third kappa shape index (κ3) is 4.21. The smallest absolute Gasteiger partial charge is 0.225 e. The topological polar surface area (TPSA) is 41.6 Å². The fourth-order valence-corrected chi connectivity index (χ4v) is 2.64. The zero-order valence-corrected chi connectivity index (χ0v) is 13.2. The van der Waals surface area contributed by atoms with Gasteiger partial charge in [0.25, 0.3) is 0 Å². The number of piperazine rings is 1. The molecule has 1 aromatic rings. The van der Waals surface area contributed by atoms with E-state index in [1.807, 2.05) is 42.2 Å². The van der Waals surface area contributed by atoms with Crippen molar-refractivity contribution in [1.29, 1.82) is 0 Å². The second-order valence-electron chi connectivity index (χ2n) is 5.87. The lowest BCUT2D eigenvalue weighted by Gasteiger charge is -2.39. The lowest BCUT2D eigenvalue weighted by molar-refractivity contribution is -0.139. The summed E-state index contributed by atoms with van der Waals surface area (Å²) in [4.78, 5) is 14.5. The molecule has 1 aromatic carbocycles. The molecule has 0 bridgehead atoms. The quantitative estimate of drug-likeness (QED) is 0.904. The molecule has 0 saturated carbocycles. The Balaban J connectivity index is 1.79. The molecule has 0 spiro atoms. The molecule has 21 heavy (non-hydrogen) atoms. The van der Waals surface area contributed by atoms with Crippen LogP contribution in [0.1, 0.15) is 27.2 Å². The minimum absolute atomic E-state index is 0.00135. The van der Waals surface area contributed by atoms with E-state index in [2.05, 4.69) is 19.2 Å². The van der Waals surface area contributed by atoms with E-state index in [0.717, 1.165) is 25.3 Å². The molecule has 1 heterocycles. The zero-order valence-electron chi connectivity index (χ0n) is 13.2. The second-order valence-corrected chi connectivity index (χ2v) is 5.87. The van der Waals surface area contributed by atoms with Gasteiger partial charge in [-0.15, -0.1) is 0 Å². The van der Waals surface area contributed by atoms with Crippen molar-refractivity contribution in [3.63, 3.8) is 0 Å². The Morgan fingerprint density at radius 3 is 2.81 bits per heavy atom. The van der Waals surface area contributed by atoms with E-state index in [1.54, 1.807) is 0 Å². The van der Waals surface area contributed by atoms with Gasteiger partial charge in [-0.2, -0.15) is 0 Å². The summed E-state index contributed by atoms with van der Waals surface area (Å²) in [7, 11) is 0. The number of nitrogens with zero attached hydrogens (tertiary/aromatic N) is 1. The largest absolute Gasteiger partial charge is 0.494 e. The molecule has 0 aliphatic carbocycles. The standard InChI is InChI=1S/C17H26N2O2/c1-13(9-12-21-16-7-5-4-6-8-16)17(20)19-11-10-18-14(2)15(19)3/h4-8,13-15,18H,9-12H2,1-3H3. The van der Waals surface area contributed by atoms with Crippen molar-refractivity contribution in [3.05, 3.63) is 30.3 Å². The Labute approximate surface area is 127 Å². The van der Waals surface area contributed by atoms with Crippen LogP contribution < -0.4 is 10.1 Å². The molecule has 1 aliphatic rings. The predicted molar refractivity (Wildman–Crippen MR) is 84.4 cm³/mol. The molecule has 4 heteroatoms. The van der Waals surface area contributed by atoms with Gasteiger partial charge in [0, 0.05) is 31.1 Å². The van der Waals surface area contributed by atoms with Crippen LogP contribution >= 0.6 is 0 Å². The maximum atomic E-state index is 12.5. The number of rotatable bonds is 5. The van der Waals surface area contributed by atoms with Gasteiger partial charge in [0.15, 0.2) is 0 Å². The molecule has 1 saturated heterocycles. The molecule has 1 fully saturated rings. The second kappa shape index (κ2) is 7.46. The van der Waals surface area contributed by atoms with Crippen LogP contribution in [0.3, 0.4) is 0 Å². The Morgan fingerprint density at radius 2 is 2.10 bits per heavy atom. The molecule has 116 valence electrons. The molecule has 0 radical (unpaired) electrons. The number of ether oxygens (including phenoxy) is 1. The monoisotopic (exact) mass is 290 g/mol. The summed E-state index contributed by atoms with van der Waals surface area (Å²) >= 11 is 0. The Bertz CT molecular complexity index is 449. The number of carbonyl (C=O) groups excluding carboxylic acids is 1. The summed E-state index contributed by atoms with van der Waals surface area (Å²) in [5, 5.41) is 3.40.